The van der Waals surface area contributed by atoms with Crippen molar-refractivity contribution in [2.24, 2.45) is 0 Å². The molecule has 29 heavy (non-hydrogen) atoms. The summed E-state index contributed by atoms with van der Waals surface area (Å²) in [5.41, 5.74) is 1.68. The van der Waals surface area contributed by atoms with E-state index in [0.29, 0.717) is 29.3 Å². The van der Waals surface area contributed by atoms with Crippen LogP contribution >= 0.6 is 0 Å². The lowest BCUT2D eigenvalue weighted by molar-refractivity contribution is -0.118. The summed E-state index contributed by atoms with van der Waals surface area (Å²) in [6.07, 6.45) is 3.10. The second-order valence-electron chi connectivity index (χ2n) is 6.01. The van der Waals surface area contributed by atoms with E-state index in [4.69, 9.17) is 9.47 Å². The number of hydrogen-bond donors (Lipinski definition) is 2. The number of carbonyl (C=O) groups is 2. The van der Waals surface area contributed by atoms with Crippen molar-refractivity contribution in [1.82, 2.24) is 4.98 Å². The highest BCUT2D eigenvalue weighted by molar-refractivity contribution is 6.04. The van der Waals surface area contributed by atoms with Gasteiger partial charge in [0.15, 0.2) is 6.61 Å². The van der Waals surface area contributed by atoms with Gasteiger partial charge in [-0.3, -0.25) is 14.6 Å². The van der Waals surface area contributed by atoms with Crippen LogP contribution in [-0.2, 0) is 4.79 Å². The number of rotatable bonds is 8. The van der Waals surface area contributed by atoms with E-state index in [9.17, 15) is 9.59 Å². The van der Waals surface area contributed by atoms with Crippen molar-refractivity contribution in [2.75, 3.05) is 23.8 Å². The van der Waals surface area contributed by atoms with Gasteiger partial charge in [-0.2, -0.15) is 0 Å². The van der Waals surface area contributed by atoms with Gasteiger partial charge in [-0.05, 0) is 67.6 Å². The average molecular weight is 391 g/mol. The molecule has 0 aliphatic rings. The van der Waals surface area contributed by atoms with Crippen LogP contribution in [0.3, 0.4) is 0 Å². The van der Waals surface area contributed by atoms with Gasteiger partial charge in [0, 0.05) is 23.8 Å². The molecule has 7 nitrogen and oxygen atoms in total. The van der Waals surface area contributed by atoms with Gasteiger partial charge in [0.25, 0.3) is 11.8 Å². The summed E-state index contributed by atoms with van der Waals surface area (Å²) in [5.74, 6) is 0.793. The SMILES string of the molecule is CCOc1ccc(OCC(=O)Nc2ccc(NC(=O)c3cccnc3)cc2)cc1. The maximum absolute atomic E-state index is 12.1. The number of aromatic nitrogens is 1. The van der Waals surface area contributed by atoms with E-state index in [0.717, 1.165) is 5.75 Å². The number of hydrogen-bond acceptors (Lipinski definition) is 5. The third kappa shape index (κ3) is 6.07. The zero-order valence-electron chi connectivity index (χ0n) is 15.9. The van der Waals surface area contributed by atoms with E-state index in [1.165, 1.54) is 6.20 Å². The molecular weight excluding hydrogens is 370 g/mol. The fourth-order valence-corrected chi connectivity index (χ4v) is 2.48. The Hall–Kier alpha value is -3.87. The molecule has 0 fully saturated rings. The molecule has 2 amide bonds. The van der Waals surface area contributed by atoms with Crippen LogP contribution in [-0.4, -0.2) is 30.0 Å². The normalized spacial score (nSPS) is 10.1. The highest BCUT2D eigenvalue weighted by atomic mass is 16.5. The van der Waals surface area contributed by atoms with Crippen molar-refractivity contribution >= 4 is 23.2 Å². The van der Waals surface area contributed by atoms with Gasteiger partial charge in [-0.15, -0.1) is 0 Å². The number of pyridine rings is 1. The lowest BCUT2D eigenvalue weighted by Crippen LogP contribution is -2.20. The summed E-state index contributed by atoms with van der Waals surface area (Å²) in [5, 5.41) is 5.52. The molecule has 2 N–H and O–H groups in total. The Kier molecular flexibility index (Phi) is 6.78. The molecule has 2 aromatic carbocycles. The molecule has 3 aromatic rings. The predicted molar refractivity (Wildman–Crippen MR) is 110 cm³/mol. The van der Waals surface area contributed by atoms with Crippen LogP contribution in [0.2, 0.25) is 0 Å². The quantitative estimate of drug-likeness (QED) is 0.610. The molecule has 0 bridgehead atoms. The monoisotopic (exact) mass is 391 g/mol. The minimum atomic E-state index is -0.286. The average Bonchev–Trinajstić information content (AvgIpc) is 2.75. The van der Waals surface area contributed by atoms with Crippen LogP contribution in [0.1, 0.15) is 17.3 Å². The standard InChI is InChI=1S/C22H21N3O4/c1-2-28-19-9-11-20(12-10-19)29-15-21(26)24-17-5-7-18(8-6-17)25-22(27)16-4-3-13-23-14-16/h3-14H,2,15H2,1H3,(H,24,26)(H,25,27). The van der Waals surface area contributed by atoms with Crippen molar-refractivity contribution < 1.29 is 19.1 Å². The Bertz CT molecular complexity index is 942. The van der Waals surface area contributed by atoms with Crippen LogP contribution in [0.5, 0.6) is 11.5 Å². The molecule has 0 saturated heterocycles. The van der Waals surface area contributed by atoms with Crippen LogP contribution in [0.25, 0.3) is 0 Å². The number of ether oxygens (including phenoxy) is 2. The third-order valence-corrected chi connectivity index (χ3v) is 3.85. The van der Waals surface area contributed by atoms with Crippen LogP contribution in [0.15, 0.2) is 73.1 Å². The molecule has 1 aromatic heterocycles. The van der Waals surface area contributed by atoms with Gasteiger partial charge in [-0.25, -0.2) is 0 Å². The molecule has 0 radical (unpaired) electrons. The van der Waals surface area contributed by atoms with Crippen molar-refractivity contribution in [2.45, 2.75) is 6.92 Å². The van der Waals surface area contributed by atoms with Gasteiger partial charge in [0.1, 0.15) is 11.5 Å². The van der Waals surface area contributed by atoms with E-state index < -0.39 is 0 Å². The Morgan fingerprint density at radius 2 is 1.48 bits per heavy atom. The van der Waals surface area contributed by atoms with Crippen molar-refractivity contribution in [1.29, 1.82) is 0 Å². The smallest absolute Gasteiger partial charge is 0.262 e. The van der Waals surface area contributed by atoms with Crippen LogP contribution in [0, 0.1) is 0 Å². The second kappa shape index (κ2) is 9.89. The first-order valence-corrected chi connectivity index (χ1v) is 9.11. The van der Waals surface area contributed by atoms with E-state index in [1.54, 1.807) is 66.9 Å². The zero-order chi connectivity index (χ0) is 20.5. The van der Waals surface area contributed by atoms with E-state index >= 15 is 0 Å². The summed E-state index contributed by atoms with van der Waals surface area (Å²) in [6, 6.07) is 17.3. The highest BCUT2D eigenvalue weighted by Gasteiger charge is 2.07. The number of anilines is 2. The summed E-state index contributed by atoms with van der Waals surface area (Å²) in [6.45, 7) is 2.39. The van der Waals surface area contributed by atoms with Gasteiger partial charge in [0.2, 0.25) is 0 Å². The van der Waals surface area contributed by atoms with Crippen LogP contribution < -0.4 is 20.1 Å². The number of nitrogens with zero attached hydrogens (tertiary/aromatic N) is 1. The summed E-state index contributed by atoms with van der Waals surface area (Å²) in [4.78, 5) is 28.1. The predicted octanol–water partition coefficient (Wildman–Crippen LogP) is 3.75. The summed E-state index contributed by atoms with van der Waals surface area (Å²) < 4.78 is 10.8. The highest BCUT2D eigenvalue weighted by Crippen LogP contribution is 2.18. The number of amides is 2. The van der Waals surface area contributed by atoms with E-state index in [1.807, 2.05) is 6.92 Å². The van der Waals surface area contributed by atoms with Crippen molar-refractivity contribution in [3.05, 3.63) is 78.6 Å². The van der Waals surface area contributed by atoms with Gasteiger partial charge in [0.05, 0.1) is 12.2 Å². The molecule has 1 heterocycles. The molecule has 0 atom stereocenters. The Morgan fingerprint density at radius 1 is 0.862 bits per heavy atom. The van der Waals surface area contributed by atoms with Gasteiger partial charge in [-0.1, -0.05) is 0 Å². The minimum Gasteiger partial charge on any atom is -0.494 e. The van der Waals surface area contributed by atoms with Crippen molar-refractivity contribution in [3.63, 3.8) is 0 Å². The third-order valence-electron chi connectivity index (χ3n) is 3.85. The molecule has 0 aliphatic carbocycles. The molecule has 0 spiro atoms. The Balaban J connectivity index is 1.47. The zero-order valence-corrected chi connectivity index (χ0v) is 15.9. The molecular formula is C22H21N3O4. The maximum Gasteiger partial charge on any atom is 0.262 e. The summed E-state index contributed by atoms with van der Waals surface area (Å²) in [7, 11) is 0. The first-order chi connectivity index (χ1) is 14.1. The molecule has 0 aliphatic heterocycles. The second-order valence-corrected chi connectivity index (χ2v) is 6.01. The largest absolute Gasteiger partial charge is 0.494 e. The minimum absolute atomic E-state index is 0.118. The van der Waals surface area contributed by atoms with Gasteiger partial charge >= 0.3 is 0 Å². The Morgan fingerprint density at radius 3 is 2.07 bits per heavy atom. The molecule has 3 rings (SSSR count). The lowest BCUT2D eigenvalue weighted by Gasteiger charge is -2.09. The first-order valence-electron chi connectivity index (χ1n) is 9.11. The topological polar surface area (TPSA) is 89.5 Å². The summed E-state index contributed by atoms with van der Waals surface area (Å²) >= 11 is 0. The molecule has 0 saturated carbocycles. The maximum atomic E-state index is 12.1. The van der Waals surface area contributed by atoms with Crippen molar-refractivity contribution in [3.8, 4) is 11.5 Å². The Labute approximate surface area is 168 Å². The fraction of sp³-hybridized carbons (Fsp3) is 0.136. The lowest BCUT2D eigenvalue weighted by atomic mass is 10.2. The molecule has 7 heteroatoms. The number of benzene rings is 2. The number of nitrogens with one attached hydrogen (secondary N) is 2. The molecule has 148 valence electrons. The fourth-order valence-electron chi connectivity index (χ4n) is 2.48. The first kappa shape index (κ1) is 19.9. The van der Waals surface area contributed by atoms with Gasteiger partial charge < -0.3 is 20.1 Å². The van der Waals surface area contributed by atoms with Crippen LogP contribution in [0.4, 0.5) is 11.4 Å². The number of carbonyl (C=O) groups excluding carboxylic acids is 2. The molecule has 0 unspecified atom stereocenters. The van der Waals surface area contributed by atoms with E-state index in [2.05, 4.69) is 15.6 Å². The van der Waals surface area contributed by atoms with E-state index in [-0.39, 0.29) is 18.4 Å².